The molecule has 0 bridgehead atoms. The van der Waals surface area contributed by atoms with Gasteiger partial charge >= 0.3 is 0 Å². The fourth-order valence-corrected chi connectivity index (χ4v) is 3.09. The molecule has 3 nitrogen and oxygen atoms in total. The highest BCUT2D eigenvalue weighted by molar-refractivity contribution is 5.93. The van der Waals surface area contributed by atoms with Crippen LogP contribution in [0.25, 0.3) is 0 Å². The van der Waals surface area contributed by atoms with Crippen LogP contribution in [0, 0.1) is 24.4 Å². The first kappa shape index (κ1) is 20.6. The van der Waals surface area contributed by atoms with E-state index in [1.165, 1.54) is 0 Å². The van der Waals surface area contributed by atoms with Crippen LogP contribution in [0.1, 0.15) is 29.7 Å². The monoisotopic (exact) mass is 399 g/mol. The second kappa shape index (κ2) is 8.92. The highest BCUT2D eigenvalue weighted by Gasteiger charge is 2.26. The molecule has 3 aromatic carbocycles. The molecule has 0 aliphatic carbocycles. The Hall–Kier alpha value is -3.12. The summed E-state index contributed by atoms with van der Waals surface area (Å²) >= 11 is 0. The average Bonchev–Trinajstić information content (AvgIpc) is 2.73. The topological polar surface area (TPSA) is 45.7 Å². The van der Waals surface area contributed by atoms with Crippen LogP contribution < -0.4 is 10.6 Å². The number of halogens is 3. The first-order valence-electron chi connectivity index (χ1n) is 9.27. The van der Waals surface area contributed by atoms with Gasteiger partial charge in [-0.3, -0.25) is 4.79 Å². The third-order valence-corrected chi connectivity index (χ3v) is 4.78. The summed E-state index contributed by atoms with van der Waals surface area (Å²) in [5, 5.41) is 4.20. The Labute approximate surface area is 167 Å². The molecule has 0 fully saturated rings. The Morgan fingerprint density at radius 1 is 0.862 bits per heavy atom. The highest BCUT2D eigenvalue weighted by Crippen LogP contribution is 2.21. The first-order chi connectivity index (χ1) is 13.9. The standard InChI is InChI=1S/C23H21F3N2O/c1-14-8-10-17(11-9-14)22(16-6-4-3-5-7-16)27-15(2)23(29)28-19-13-12-18(24)20(25)21(19)26/h3-13,15,22,27H,1-2H3,(H,28,29)/p+1/t15-,22-/m1/s1. The van der Waals surface area contributed by atoms with Crippen LogP contribution in [0.5, 0.6) is 0 Å². The molecular formula is C23H22F3N2O+. The number of anilines is 1. The predicted octanol–water partition coefficient (Wildman–Crippen LogP) is 4.09. The molecule has 6 heteroatoms. The summed E-state index contributed by atoms with van der Waals surface area (Å²) < 4.78 is 40.4. The number of nitrogens with one attached hydrogen (secondary N) is 1. The lowest BCUT2D eigenvalue weighted by Crippen LogP contribution is -2.92. The van der Waals surface area contributed by atoms with E-state index < -0.39 is 29.4 Å². The van der Waals surface area contributed by atoms with Crippen LogP contribution in [-0.4, -0.2) is 11.9 Å². The minimum Gasteiger partial charge on any atom is -0.326 e. The SMILES string of the molecule is Cc1ccc([C@H]([NH2+][C@H](C)C(=O)Nc2ccc(F)c(F)c2F)c2ccccc2)cc1. The van der Waals surface area contributed by atoms with Crippen molar-refractivity contribution < 1.29 is 23.3 Å². The van der Waals surface area contributed by atoms with Gasteiger partial charge in [0.25, 0.3) is 5.91 Å². The number of hydrogen-bond acceptors (Lipinski definition) is 1. The van der Waals surface area contributed by atoms with Crippen LogP contribution >= 0.6 is 0 Å². The lowest BCUT2D eigenvalue weighted by molar-refractivity contribution is -0.704. The molecular weight excluding hydrogens is 377 g/mol. The zero-order chi connectivity index (χ0) is 21.0. The van der Waals surface area contributed by atoms with Crippen molar-refractivity contribution in [2.75, 3.05) is 5.32 Å². The van der Waals surface area contributed by atoms with Gasteiger partial charge < -0.3 is 10.6 Å². The van der Waals surface area contributed by atoms with E-state index in [9.17, 15) is 18.0 Å². The second-order valence-corrected chi connectivity index (χ2v) is 6.99. The second-order valence-electron chi connectivity index (χ2n) is 6.99. The third-order valence-electron chi connectivity index (χ3n) is 4.78. The van der Waals surface area contributed by atoms with Crippen LogP contribution in [-0.2, 0) is 4.79 Å². The lowest BCUT2D eigenvalue weighted by Gasteiger charge is -2.21. The van der Waals surface area contributed by atoms with E-state index in [0.29, 0.717) is 0 Å². The first-order valence-corrected chi connectivity index (χ1v) is 9.27. The summed E-state index contributed by atoms with van der Waals surface area (Å²) in [5.41, 5.74) is 2.76. The summed E-state index contributed by atoms with van der Waals surface area (Å²) in [6, 6.07) is 18.7. The van der Waals surface area contributed by atoms with Gasteiger partial charge in [-0.2, -0.15) is 0 Å². The molecule has 0 radical (unpaired) electrons. The van der Waals surface area contributed by atoms with Gasteiger partial charge in [0, 0.05) is 11.1 Å². The maximum Gasteiger partial charge on any atom is 0.282 e. The smallest absolute Gasteiger partial charge is 0.282 e. The maximum atomic E-state index is 13.9. The minimum atomic E-state index is -1.61. The number of aryl methyl sites for hydroxylation is 1. The number of amides is 1. The van der Waals surface area contributed by atoms with Crippen molar-refractivity contribution in [2.45, 2.75) is 25.9 Å². The van der Waals surface area contributed by atoms with Crippen molar-refractivity contribution >= 4 is 11.6 Å². The normalized spacial score (nSPS) is 13.0. The molecule has 29 heavy (non-hydrogen) atoms. The van der Waals surface area contributed by atoms with E-state index in [2.05, 4.69) is 5.32 Å². The molecule has 3 N–H and O–H groups in total. The van der Waals surface area contributed by atoms with E-state index in [1.807, 2.05) is 66.8 Å². The van der Waals surface area contributed by atoms with E-state index in [-0.39, 0.29) is 11.7 Å². The molecule has 3 rings (SSSR count). The summed E-state index contributed by atoms with van der Waals surface area (Å²) in [4.78, 5) is 12.6. The van der Waals surface area contributed by atoms with Crippen molar-refractivity contribution in [3.63, 3.8) is 0 Å². The molecule has 0 aliphatic heterocycles. The van der Waals surface area contributed by atoms with Gasteiger partial charge in [0.2, 0.25) is 0 Å². The molecule has 3 aromatic rings. The quantitative estimate of drug-likeness (QED) is 0.603. The maximum absolute atomic E-state index is 13.9. The largest absolute Gasteiger partial charge is 0.326 e. The molecule has 0 saturated heterocycles. The number of carbonyl (C=O) groups is 1. The van der Waals surface area contributed by atoms with E-state index in [0.717, 1.165) is 28.8 Å². The third kappa shape index (κ3) is 4.84. The van der Waals surface area contributed by atoms with Crippen LogP contribution in [0.4, 0.5) is 18.9 Å². The molecule has 1 amide bonds. The molecule has 0 heterocycles. The van der Waals surface area contributed by atoms with Crippen molar-refractivity contribution in [2.24, 2.45) is 0 Å². The summed E-state index contributed by atoms with van der Waals surface area (Å²) in [7, 11) is 0. The molecule has 0 aromatic heterocycles. The molecule has 150 valence electrons. The predicted molar refractivity (Wildman–Crippen MR) is 106 cm³/mol. The van der Waals surface area contributed by atoms with Crippen molar-refractivity contribution in [1.29, 1.82) is 0 Å². The Kier molecular flexibility index (Phi) is 6.34. The molecule has 0 unspecified atom stereocenters. The van der Waals surface area contributed by atoms with Gasteiger partial charge in [-0.15, -0.1) is 0 Å². The van der Waals surface area contributed by atoms with Crippen LogP contribution in [0.15, 0.2) is 66.7 Å². The number of nitrogens with two attached hydrogens (primary N) is 1. The van der Waals surface area contributed by atoms with Crippen molar-refractivity contribution in [3.8, 4) is 0 Å². The Morgan fingerprint density at radius 3 is 2.14 bits per heavy atom. The highest BCUT2D eigenvalue weighted by atomic mass is 19.2. The molecule has 0 aliphatic rings. The van der Waals surface area contributed by atoms with Crippen molar-refractivity contribution in [3.05, 3.63) is 101 Å². The summed E-state index contributed by atoms with van der Waals surface area (Å²) in [6.07, 6.45) is 0. The van der Waals surface area contributed by atoms with Gasteiger partial charge in [0.1, 0.15) is 6.04 Å². The minimum absolute atomic E-state index is 0.160. The number of benzene rings is 3. The van der Waals surface area contributed by atoms with E-state index in [1.54, 1.807) is 6.92 Å². The van der Waals surface area contributed by atoms with Gasteiger partial charge in [0.05, 0.1) is 5.69 Å². The van der Waals surface area contributed by atoms with Gasteiger partial charge in [-0.05, 0) is 26.0 Å². The Morgan fingerprint density at radius 2 is 1.48 bits per heavy atom. The van der Waals surface area contributed by atoms with Crippen LogP contribution in [0.2, 0.25) is 0 Å². The summed E-state index contributed by atoms with van der Waals surface area (Å²) in [6.45, 7) is 3.68. The lowest BCUT2D eigenvalue weighted by atomic mass is 9.97. The van der Waals surface area contributed by atoms with Crippen LogP contribution in [0.3, 0.4) is 0 Å². The number of carbonyl (C=O) groups excluding carboxylic acids is 1. The molecule has 0 saturated carbocycles. The fourth-order valence-electron chi connectivity index (χ4n) is 3.09. The van der Waals surface area contributed by atoms with Gasteiger partial charge in [-0.25, -0.2) is 13.2 Å². The van der Waals surface area contributed by atoms with E-state index >= 15 is 0 Å². The zero-order valence-corrected chi connectivity index (χ0v) is 16.1. The molecule has 0 spiro atoms. The van der Waals surface area contributed by atoms with E-state index in [4.69, 9.17) is 0 Å². The van der Waals surface area contributed by atoms with Gasteiger partial charge in [0.15, 0.2) is 23.5 Å². The number of hydrogen-bond donors (Lipinski definition) is 2. The Balaban J connectivity index is 1.81. The number of rotatable bonds is 6. The molecule has 2 atom stereocenters. The summed E-state index contributed by atoms with van der Waals surface area (Å²) in [5.74, 6) is -4.84. The zero-order valence-electron chi connectivity index (χ0n) is 16.1. The van der Waals surface area contributed by atoms with Crippen molar-refractivity contribution in [1.82, 2.24) is 0 Å². The fraction of sp³-hybridized carbons (Fsp3) is 0.174. The number of quaternary nitrogens is 1. The Bertz CT molecular complexity index is 991. The average molecular weight is 399 g/mol. The van der Waals surface area contributed by atoms with Gasteiger partial charge in [-0.1, -0.05) is 60.2 Å².